The molecule has 2 aromatic heterocycles. The second-order valence-electron chi connectivity index (χ2n) is 14.4. The summed E-state index contributed by atoms with van der Waals surface area (Å²) in [6.45, 7) is 0. The summed E-state index contributed by atoms with van der Waals surface area (Å²) >= 11 is 0. The molecule has 7 aliphatic carbocycles. The molecular weight excluding hydrogens is 532 g/mol. The van der Waals surface area contributed by atoms with Gasteiger partial charge in [-0.05, 0) is 83.1 Å². The molecule has 0 radical (unpaired) electrons. The van der Waals surface area contributed by atoms with E-state index in [4.69, 9.17) is 0 Å². The molecule has 0 bridgehead atoms. The quantitative estimate of drug-likeness (QED) is 0.301. The van der Waals surface area contributed by atoms with Gasteiger partial charge in [0.15, 0.2) is 0 Å². The summed E-state index contributed by atoms with van der Waals surface area (Å²) in [6, 6.07) is 23.3. The summed E-state index contributed by atoms with van der Waals surface area (Å²) in [5.41, 5.74) is 8.75. The molecule has 2 heterocycles. The molecule has 0 spiro atoms. The number of benzene rings is 3. The van der Waals surface area contributed by atoms with Crippen LogP contribution in [0.2, 0.25) is 0 Å². The van der Waals surface area contributed by atoms with Gasteiger partial charge in [-0.25, -0.2) is 0 Å². The normalized spacial score (nSPS) is 29.0. The largest absolute Gasteiger partial charge is 0.312 e. The van der Waals surface area contributed by atoms with Crippen LogP contribution < -0.4 is 31.4 Å². The van der Waals surface area contributed by atoms with Crippen molar-refractivity contribution in [3.63, 3.8) is 0 Å². The van der Waals surface area contributed by atoms with Gasteiger partial charge in [0.05, 0.1) is 11.0 Å². The van der Waals surface area contributed by atoms with E-state index in [1.807, 2.05) is 0 Å². The van der Waals surface area contributed by atoms with Gasteiger partial charge < -0.3 is 9.13 Å². The van der Waals surface area contributed by atoms with Gasteiger partial charge in [-0.3, -0.25) is 0 Å². The van der Waals surface area contributed by atoms with Gasteiger partial charge in [-0.1, -0.05) is 91.1 Å². The number of hydrogen-bond acceptors (Lipinski definition) is 0. The van der Waals surface area contributed by atoms with E-state index >= 15 is 0 Å². The van der Waals surface area contributed by atoms with Gasteiger partial charge in [0.25, 0.3) is 0 Å². The summed E-state index contributed by atoms with van der Waals surface area (Å²) in [7, 11) is 0. The van der Waals surface area contributed by atoms with Crippen LogP contribution in [0.15, 0.2) is 78.9 Å². The van der Waals surface area contributed by atoms with Gasteiger partial charge in [0, 0.05) is 61.2 Å². The molecule has 0 aliphatic heterocycles. The predicted octanol–water partition coefficient (Wildman–Crippen LogP) is 4.42. The third kappa shape index (κ3) is 2.88. The van der Waals surface area contributed by atoms with E-state index in [1.165, 1.54) is 83.9 Å². The summed E-state index contributed by atoms with van der Waals surface area (Å²) < 4.78 is 5.40. The number of hydrogen-bond donors (Lipinski definition) is 0. The number of aromatic nitrogens is 2. The fraction of sp³-hybridized carbons (Fsp3) is 0.238. The Kier molecular flexibility index (Phi) is 4.03. The fourth-order valence-corrected chi connectivity index (χ4v) is 9.49. The molecule has 210 valence electrons. The van der Waals surface area contributed by atoms with E-state index in [-0.39, 0.29) is 0 Å². The van der Waals surface area contributed by atoms with Crippen molar-refractivity contribution in [2.24, 2.45) is 29.6 Å². The summed E-state index contributed by atoms with van der Waals surface area (Å²) in [4.78, 5) is 0. The molecule has 44 heavy (non-hydrogen) atoms. The lowest BCUT2D eigenvalue weighted by molar-refractivity contribution is 0.900. The monoisotopic (exact) mass is 564 g/mol. The second kappa shape index (κ2) is 7.74. The fourth-order valence-electron chi connectivity index (χ4n) is 9.49. The maximum Gasteiger partial charge on any atom is 0.0545 e. The molecule has 5 aromatic rings. The highest BCUT2D eigenvalue weighted by Gasteiger charge is 2.45. The third-order valence-electron chi connectivity index (χ3n) is 11.9. The summed E-state index contributed by atoms with van der Waals surface area (Å²) in [5, 5.41) is 11.4. The summed E-state index contributed by atoms with van der Waals surface area (Å²) in [5.74, 6) is 4.08. The van der Waals surface area contributed by atoms with E-state index < -0.39 is 0 Å². The Morgan fingerprint density at radius 2 is 1.45 bits per heavy atom. The summed E-state index contributed by atoms with van der Waals surface area (Å²) in [6.07, 6.45) is 24.4. The average Bonchev–Trinajstić information content (AvgIpc) is 3.96. The molecule has 6 atom stereocenters. The van der Waals surface area contributed by atoms with Gasteiger partial charge in [-0.2, -0.15) is 0 Å². The molecule has 2 heteroatoms. The Bertz CT molecular complexity index is 2650. The molecule has 3 saturated carbocycles. The van der Waals surface area contributed by atoms with E-state index in [9.17, 15) is 0 Å². The molecule has 3 aromatic carbocycles. The van der Waals surface area contributed by atoms with Gasteiger partial charge in [0.1, 0.15) is 0 Å². The minimum Gasteiger partial charge on any atom is -0.312 e. The topological polar surface area (TPSA) is 9.86 Å². The Balaban J connectivity index is 1.27. The van der Waals surface area contributed by atoms with E-state index in [2.05, 4.69) is 118 Å². The van der Waals surface area contributed by atoms with E-state index in [0.717, 1.165) is 6.42 Å². The molecular formula is C42H32N2. The second-order valence-corrected chi connectivity index (χ2v) is 14.4. The highest BCUT2D eigenvalue weighted by molar-refractivity contribution is 6.03. The van der Waals surface area contributed by atoms with Crippen LogP contribution in [0.3, 0.4) is 0 Å². The first-order chi connectivity index (χ1) is 21.8. The predicted molar refractivity (Wildman–Crippen MR) is 180 cm³/mol. The first-order valence-electron chi connectivity index (χ1n) is 16.7. The van der Waals surface area contributed by atoms with Crippen LogP contribution in [0.4, 0.5) is 0 Å². The number of fused-ring (bicyclic) bond motifs is 12. The molecule has 2 nitrogen and oxygen atoms in total. The van der Waals surface area contributed by atoms with Crippen LogP contribution >= 0.6 is 0 Å². The van der Waals surface area contributed by atoms with Crippen LogP contribution in [0, 0.1) is 29.6 Å². The highest BCUT2D eigenvalue weighted by Crippen LogP contribution is 2.56. The standard InChI is InChI=1S/C42H32N2/c1-4-10-29-23(7-1)8-3-6-12-36(29)43-37-14-13-25-17-31(25)41(37)35-22-39-34(21-40(35)43)33-18-26-16-27(26)20-38(33)44(39)42-30-11-5-2-9-24(30)15-28-19-32(28)42/h1-11,13-15,18,20-22,25-28,31-32H,12,16-17,19H2. The molecule has 12 rings (SSSR count). The molecule has 3 fully saturated rings. The van der Waals surface area contributed by atoms with Crippen LogP contribution in [-0.2, 0) is 0 Å². The van der Waals surface area contributed by atoms with Crippen molar-refractivity contribution in [1.29, 1.82) is 0 Å². The lowest BCUT2D eigenvalue weighted by Gasteiger charge is -2.16. The molecule has 0 saturated heterocycles. The number of allylic oxidation sites excluding steroid dienone is 3. The van der Waals surface area contributed by atoms with Crippen molar-refractivity contribution in [2.45, 2.75) is 31.6 Å². The first kappa shape index (κ1) is 22.9. The zero-order chi connectivity index (χ0) is 28.3. The smallest absolute Gasteiger partial charge is 0.0545 e. The van der Waals surface area contributed by atoms with Crippen molar-refractivity contribution in [2.75, 3.05) is 0 Å². The third-order valence-corrected chi connectivity index (χ3v) is 11.9. The van der Waals surface area contributed by atoms with Crippen molar-refractivity contribution in [3.05, 3.63) is 122 Å². The van der Waals surface area contributed by atoms with Crippen molar-refractivity contribution in [1.82, 2.24) is 9.13 Å². The Morgan fingerprint density at radius 1 is 0.659 bits per heavy atom. The van der Waals surface area contributed by atoms with Gasteiger partial charge in [-0.15, -0.1) is 0 Å². The zero-order valence-corrected chi connectivity index (χ0v) is 24.6. The van der Waals surface area contributed by atoms with Crippen molar-refractivity contribution >= 4 is 63.6 Å². The first-order valence-corrected chi connectivity index (χ1v) is 16.7. The molecule has 6 unspecified atom stereocenters. The van der Waals surface area contributed by atoms with Gasteiger partial charge >= 0.3 is 0 Å². The van der Waals surface area contributed by atoms with Crippen LogP contribution in [-0.4, -0.2) is 9.13 Å². The SMILES string of the molecule is C1=CCC(n2c3c(c4cc5c(cc42)c2c(n5C4=c5ccccc5=CC5CC45)=CC4CC4C=2)C2CC2C=C3)=c2ccccc2=C1. The molecule has 7 aliphatic rings. The van der Waals surface area contributed by atoms with E-state index in [0.29, 0.717) is 35.5 Å². The highest BCUT2D eigenvalue weighted by atomic mass is 15.0. The molecule has 0 amide bonds. The molecule has 0 N–H and O–H groups in total. The number of rotatable bonds is 2. The maximum absolute atomic E-state index is 2.74. The van der Waals surface area contributed by atoms with Gasteiger partial charge in [0.2, 0.25) is 0 Å². The Morgan fingerprint density at radius 3 is 2.41 bits per heavy atom. The minimum absolute atomic E-state index is 0.626. The minimum atomic E-state index is 0.626. The van der Waals surface area contributed by atoms with E-state index in [1.54, 1.807) is 11.3 Å². The van der Waals surface area contributed by atoms with Crippen LogP contribution in [0.25, 0.3) is 63.6 Å². The Labute approximate surface area is 254 Å². The van der Waals surface area contributed by atoms with Crippen molar-refractivity contribution in [3.8, 4) is 0 Å². The zero-order valence-electron chi connectivity index (χ0n) is 24.6. The van der Waals surface area contributed by atoms with Crippen LogP contribution in [0.1, 0.15) is 42.9 Å². The van der Waals surface area contributed by atoms with Crippen molar-refractivity contribution < 1.29 is 0 Å². The lowest BCUT2D eigenvalue weighted by atomic mass is 9.99. The lowest BCUT2D eigenvalue weighted by Crippen LogP contribution is -2.38. The number of nitrogens with zero attached hydrogens (tertiary/aromatic N) is 2. The Hall–Kier alpha value is -4.56. The maximum atomic E-state index is 2.74. The average molecular weight is 565 g/mol. The van der Waals surface area contributed by atoms with Crippen LogP contribution in [0.5, 0.6) is 0 Å².